The van der Waals surface area contributed by atoms with E-state index < -0.39 is 62.6 Å². The summed E-state index contributed by atoms with van der Waals surface area (Å²) in [5.74, 6) is -7.67. The maximum atomic E-state index is 10.8. The summed E-state index contributed by atoms with van der Waals surface area (Å²) in [6.07, 6.45) is 0. The molecule has 16 heteroatoms. The molecule has 0 spiro atoms. The minimum atomic E-state index is -1.54. The molecule has 0 amide bonds. The van der Waals surface area contributed by atoms with Gasteiger partial charge in [-0.25, -0.2) is 0 Å². The van der Waals surface area contributed by atoms with Gasteiger partial charge in [-0.3, -0.25) is 14.7 Å². The molecular weight excluding hydrogens is 440 g/mol. The Bertz CT molecular complexity index is 504. The summed E-state index contributed by atoms with van der Waals surface area (Å²) in [6.45, 7) is -4.16. The van der Waals surface area contributed by atoms with E-state index in [0.29, 0.717) is 0 Å². The fraction of sp³-hybridized carbons (Fsp3) is 0.643. The Labute approximate surface area is 234 Å². The van der Waals surface area contributed by atoms with Crippen molar-refractivity contribution in [1.82, 2.24) is 14.7 Å². The van der Waals surface area contributed by atoms with Crippen LogP contribution in [0.2, 0.25) is 0 Å². The van der Waals surface area contributed by atoms with Crippen LogP contribution in [0.5, 0.6) is 0 Å². The van der Waals surface area contributed by atoms with E-state index in [1.165, 1.54) is 4.90 Å². The predicted octanol–water partition coefficient (Wildman–Crippen LogP) is -15.6. The Balaban J connectivity index is -0.000000563. The van der Waals surface area contributed by atoms with Crippen LogP contribution in [0.4, 0.5) is 0 Å². The van der Waals surface area contributed by atoms with Gasteiger partial charge < -0.3 is 49.5 Å². The van der Waals surface area contributed by atoms with Gasteiger partial charge in [-0.2, -0.15) is 0 Å². The second-order valence-electron chi connectivity index (χ2n) is 5.56. The molecule has 0 aromatic heterocycles. The first-order valence-electron chi connectivity index (χ1n) is 7.66. The van der Waals surface area contributed by atoms with E-state index >= 15 is 0 Å². The molecule has 0 N–H and O–H groups in total. The summed E-state index contributed by atoms with van der Waals surface area (Å²) >= 11 is 0. The number of rotatable bonds is 16. The van der Waals surface area contributed by atoms with E-state index in [9.17, 15) is 49.5 Å². The molecule has 13 nitrogen and oxygen atoms in total. The van der Waals surface area contributed by atoms with Gasteiger partial charge in [0.2, 0.25) is 0 Å². The number of carbonyl (C=O) groups is 5. The van der Waals surface area contributed by atoms with Crippen molar-refractivity contribution >= 4 is 52.9 Å². The van der Waals surface area contributed by atoms with Crippen LogP contribution >= 0.6 is 0 Å². The third-order valence-electron chi connectivity index (χ3n) is 3.23. The molecule has 0 aromatic rings. The fourth-order valence-electron chi connectivity index (χ4n) is 2.18. The second-order valence-corrected chi connectivity index (χ2v) is 5.56. The largest absolute Gasteiger partial charge is 2.00 e. The van der Waals surface area contributed by atoms with Crippen molar-refractivity contribution in [3.05, 3.63) is 0 Å². The van der Waals surface area contributed by atoms with Crippen LogP contribution in [0, 0.1) is 0 Å². The van der Waals surface area contributed by atoms with Crippen LogP contribution in [0.15, 0.2) is 0 Å². The van der Waals surface area contributed by atoms with Gasteiger partial charge in [0.25, 0.3) is 0 Å². The average molecular weight is 460 g/mol. The monoisotopic (exact) mass is 459 g/mol. The fourth-order valence-corrected chi connectivity index (χ4v) is 2.18. The third-order valence-corrected chi connectivity index (χ3v) is 3.23. The Kier molecular flexibility index (Phi) is 26.0. The van der Waals surface area contributed by atoms with Crippen molar-refractivity contribution in [2.45, 2.75) is 0 Å². The van der Waals surface area contributed by atoms with E-state index in [0.717, 1.165) is 9.80 Å². The number of nitrogens with zero attached hydrogens (tertiary/aromatic N) is 3. The van der Waals surface area contributed by atoms with Crippen molar-refractivity contribution in [2.75, 3.05) is 58.9 Å². The second kappa shape index (κ2) is 20.9. The van der Waals surface area contributed by atoms with Crippen LogP contribution in [0.3, 0.4) is 0 Å². The summed E-state index contributed by atoms with van der Waals surface area (Å²) in [6, 6.07) is 0. The Morgan fingerprint density at radius 2 is 0.633 bits per heavy atom. The molecule has 30 heavy (non-hydrogen) atoms. The van der Waals surface area contributed by atoms with E-state index in [1.54, 1.807) is 0 Å². The quantitative estimate of drug-likeness (QED) is 0.196. The zero-order valence-electron chi connectivity index (χ0n) is 18.0. The zero-order chi connectivity index (χ0) is 21.0. The molecule has 0 atom stereocenters. The smallest absolute Gasteiger partial charge is 0.549 e. The third kappa shape index (κ3) is 22.7. The molecule has 0 rings (SSSR count). The van der Waals surface area contributed by atoms with E-state index in [4.69, 9.17) is 0 Å². The van der Waals surface area contributed by atoms with Crippen molar-refractivity contribution in [3.8, 4) is 0 Å². The molecule has 0 heterocycles. The van der Waals surface area contributed by atoms with Gasteiger partial charge in [0, 0.05) is 58.9 Å². The normalized spacial score (nSPS) is 9.97. The van der Waals surface area contributed by atoms with Crippen molar-refractivity contribution in [1.29, 1.82) is 0 Å². The Morgan fingerprint density at radius 1 is 0.467 bits per heavy atom. The number of aliphatic carboxylic acids is 5. The summed E-state index contributed by atoms with van der Waals surface area (Å²) in [5, 5.41) is 53.3. The molecule has 0 aromatic carbocycles. The van der Waals surface area contributed by atoms with Gasteiger partial charge in [0.05, 0.1) is 29.8 Å². The van der Waals surface area contributed by atoms with Crippen molar-refractivity contribution in [3.63, 3.8) is 0 Å². The van der Waals surface area contributed by atoms with E-state index in [-0.39, 0.29) is 110 Å². The molecule has 0 aliphatic heterocycles. The molecule has 0 radical (unpaired) electrons. The van der Waals surface area contributed by atoms with Crippen LogP contribution in [-0.2, 0) is 24.0 Å². The maximum Gasteiger partial charge on any atom is 2.00 e. The number of hydrogen-bond donors (Lipinski definition) is 0. The molecule has 0 saturated carbocycles. The standard InChI is InChI=1S/C14H23N3O10.Mg.2Na/c18-10(19)5-15(1-3-16(6-11(20)21)7-12(22)23)2-4-17(8-13(24)25)9-14(26)27;;;/h1-9H2,(H,18,19)(H,20,21)(H,22,23)(H,24,25)(H,26,27);;;/q;+2;2*+1/p-4. The van der Waals surface area contributed by atoms with Gasteiger partial charge in [-0.05, 0) is 0 Å². The van der Waals surface area contributed by atoms with Gasteiger partial charge in [0.1, 0.15) is 0 Å². The van der Waals surface area contributed by atoms with Crippen LogP contribution in [0.1, 0.15) is 1.43 Å². The molecular formula is C14H19MgN3Na2O10. The molecule has 0 saturated heterocycles. The van der Waals surface area contributed by atoms with Crippen LogP contribution in [0.25, 0.3) is 0 Å². The van der Waals surface area contributed by atoms with Gasteiger partial charge >= 0.3 is 83.6 Å². The molecule has 0 fully saturated rings. The van der Waals surface area contributed by atoms with Crippen molar-refractivity contribution < 1.29 is 110 Å². The van der Waals surface area contributed by atoms with E-state index in [1.807, 2.05) is 0 Å². The molecule has 0 unspecified atom stereocenters. The van der Waals surface area contributed by atoms with Crippen LogP contribution in [-0.4, -0.2) is 127 Å². The summed E-state index contributed by atoms with van der Waals surface area (Å²) in [7, 11) is 0. The molecule has 0 bridgehead atoms. The molecule has 0 aliphatic carbocycles. The zero-order valence-corrected chi connectivity index (χ0v) is 22.4. The topological polar surface area (TPSA) is 210 Å². The maximum absolute atomic E-state index is 10.8. The molecule has 154 valence electrons. The molecule has 0 aliphatic rings. The first kappa shape index (κ1) is 37.3. The summed E-state index contributed by atoms with van der Waals surface area (Å²) in [5.41, 5.74) is 0. The number of carboxylic acid groups (broad SMARTS) is 5. The number of carboxylic acids is 5. The Morgan fingerprint density at radius 3 is 0.833 bits per heavy atom. The first-order valence-corrected chi connectivity index (χ1v) is 7.66. The predicted molar refractivity (Wildman–Crippen MR) is 81.2 cm³/mol. The SMILES string of the molecule is O=C([O-])CN(CCN(CC(=O)[O-])CC(=O)[O-])CCN(CC(=O)[O-])CC(=O)[O-].[H+].[Mg+2].[Na+].[Na+]. The minimum absolute atomic E-state index is 0. The first-order chi connectivity index (χ1) is 12.5. The van der Waals surface area contributed by atoms with Gasteiger partial charge in [-0.15, -0.1) is 0 Å². The van der Waals surface area contributed by atoms with Gasteiger partial charge in [0.15, 0.2) is 0 Å². The summed E-state index contributed by atoms with van der Waals surface area (Å²) in [4.78, 5) is 56.4. The van der Waals surface area contributed by atoms with Crippen LogP contribution < -0.4 is 84.6 Å². The Hall–Kier alpha value is -0.00377. The number of hydrogen-bond acceptors (Lipinski definition) is 13. The minimum Gasteiger partial charge on any atom is -0.549 e. The summed E-state index contributed by atoms with van der Waals surface area (Å²) < 4.78 is 0. The average Bonchev–Trinajstić information content (AvgIpc) is 2.46. The van der Waals surface area contributed by atoms with E-state index in [2.05, 4.69) is 0 Å². The number of carbonyl (C=O) groups excluding carboxylic acids is 5. The van der Waals surface area contributed by atoms with Gasteiger partial charge in [-0.1, -0.05) is 0 Å². The van der Waals surface area contributed by atoms with Crippen molar-refractivity contribution in [2.24, 2.45) is 0 Å².